The van der Waals surface area contributed by atoms with Crippen molar-refractivity contribution in [2.45, 2.75) is 59.0 Å². The molecule has 0 aromatic carbocycles. The van der Waals surface area contributed by atoms with Gasteiger partial charge in [0.1, 0.15) is 5.82 Å². The van der Waals surface area contributed by atoms with Crippen LogP contribution in [0.15, 0.2) is 0 Å². The van der Waals surface area contributed by atoms with Crippen LogP contribution in [-0.4, -0.2) is 21.4 Å². The summed E-state index contributed by atoms with van der Waals surface area (Å²) in [5.41, 5.74) is 0. The highest BCUT2D eigenvalue weighted by Gasteiger charge is 2.29. The average molecular weight is 239 g/mol. The van der Waals surface area contributed by atoms with Gasteiger partial charge in [-0.25, -0.2) is 4.98 Å². The Hall–Kier alpha value is -0.640. The predicted octanol–water partition coefficient (Wildman–Crippen LogP) is 3.11. The molecule has 1 fully saturated rings. The maximum atomic E-state index is 4.67. The molecule has 1 saturated heterocycles. The number of nitrogens with zero attached hydrogens (tertiary/aromatic N) is 3. The van der Waals surface area contributed by atoms with Crippen LogP contribution < -0.4 is 4.90 Å². The minimum absolute atomic E-state index is 0.620. The van der Waals surface area contributed by atoms with Crippen LogP contribution in [0.25, 0.3) is 0 Å². The lowest BCUT2D eigenvalue weighted by Crippen LogP contribution is -2.32. The quantitative estimate of drug-likeness (QED) is 0.811. The molecule has 1 aliphatic rings. The van der Waals surface area contributed by atoms with Gasteiger partial charge in [0.15, 0.2) is 0 Å². The molecule has 2 rings (SSSR count). The van der Waals surface area contributed by atoms with Gasteiger partial charge in [0.2, 0.25) is 5.13 Å². The first-order chi connectivity index (χ1) is 7.58. The summed E-state index contributed by atoms with van der Waals surface area (Å²) in [7, 11) is 0. The fraction of sp³-hybridized carbons (Fsp3) is 0.833. The monoisotopic (exact) mass is 239 g/mol. The smallest absolute Gasteiger partial charge is 0.205 e. The fourth-order valence-corrected chi connectivity index (χ4v) is 3.27. The van der Waals surface area contributed by atoms with E-state index in [0.717, 1.165) is 17.4 Å². The molecule has 2 unspecified atom stereocenters. The molecule has 2 heterocycles. The summed E-state index contributed by atoms with van der Waals surface area (Å²) in [5, 5.41) is 1.12. The van der Waals surface area contributed by atoms with Gasteiger partial charge in [0, 0.05) is 30.0 Å². The summed E-state index contributed by atoms with van der Waals surface area (Å²) in [6.07, 6.45) is 3.55. The Kier molecular flexibility index (Phi) is 3.47. The molecule has 0 amide bonds. The van der Waals surface area contributed by atoms with E-state index in [4.69, 9.17) is 0 Å². The van der Waals surface area contributed by atoms with Crippen molar-refractivity contribution in [3.63, 3.8) is 0 Å². The van der Waals surface area contributed by atoms with Crippen molar-refractivity contribution in [2.24, 2.45) is 5.92 Å². The average Bonchev–Trinajstić information content (AvgIpc) is 2.73. The molecule has 0 N–H and O–H groups in total. The lowest BCUT2D eigenvalue weighted by molar-refractivity contribution is 0.624. The van der Waals surface area contributed by atoms with Crippen molar-refractivity contribution < 1.29 is 0 Å². The third-order valence-corrected chi connectivity index (χ3v) is 3.99. The molecule has 0 radical (unpaired) electrons. The zero-order valence-corrected chi connectivity index (χ0v) is 11.4. The molecule has 2 atom stereocenters. The van der Waals surface area contributed by atoms with Gasteiger partial charge < -0.3 is 4.90 Å². The summed E-state index contributed by atoms with van der Waals surface area (Å²) in [4.78, 5) is 7.10. The Bertz CT molecular complexity index is 338. The predicted molar refractivity (Wildman–Crippen MR) is 69.1 cm³/mol. The third-order valence-electron chi connectivity index (χ3n) is 3.22. The minimum Gasteiger partial charge on any atom is -0.341 e. The highest BCUT2D eigenvalue weighted by Crippen LogP contribution is 2.31. The molecule has 0 bridgehead atoms. The number of rotatable bonds is 3. The molecule has 1 aromatic heterocycles. The fourth-order valence-electron chi connectivity index (χ4n) is 2.37. The van der Waals surface area contributed by atoms with E-state index in [2.05, 4.69) is 42.0 Å². The van der Waals surface area contributed by atoms with Gasteiger partial charge in [-0.15, -0.1) is 0 Å². The summed E-state index contributed by atoms with van der Waals surface area (Å²) < 4.78 is 4.46. The highest BCUT2D eigenvalue weighted by molar-refractivity contribution is 7.09. The minimum atomic E-state index is 0.620. The largest absolute Gasteiger partial charge is 0.341 e. The van der Waals surface area contributed by atoms with Crippen molar-refractivity contribution in [3.05, 3.63) is 5.82 Å². The molecular formula is C12H21N3S. The van der Waals surface area contributed by atoms with E-state index >= 15 is 0 Å². The molecule has 0 aliphatic carbocycles. The van der Waals surface area contributed by atoms with Gasteiger partial charge in [0.05, 0.1) is 0 Å². The van der Waals surface area contributed by atoms with Crippen LogP contribution in [-0.2, 0) is 6.42 Å². The van der Waals surface area contributed by atoms with Crippen LogP contribution in [0, 0.1) is 5.92 Å². The van der Waals surface area contributed by atoms with Crippen LogP contribution in [0.2, 0.25) is 0 Å². The van der Waals surface area contributed by atoms with Crippen molar-refractivity contribution in [1.82, 2.24) is 9.36 Å². The number of hydrogen-bond donors (Lipinski definition) is 0. The number of anilines is 1. The Morgan fingerprint density at radius 2 is 1.94 bits per heavy atom. The summed E-state index contributed by atoms with van der Waals surface area (Å²) in [6.45, 7) is 8.99. The van der Waals surface area contributed by atoms with Crippen LogP contribution in [0.4, 0.5) is 5.13 Å². The highest BCUT2D eigenvalue weighted by atomic mass is 32.1. The second-order valence-corrected chi connectivity index (χ2v) is 6.00. The van der Waals surface area contributed by atoms with Gasteiger partial charge in [-0.1, -0.05) is 13.8 Å². The summed E-state index contributed by atoms with van der Waals surface area (Å²) in [5.74, 6) is 1.65. The van der Waals surface area contributed by atoms with Gasteiger partial charge in [-0.2, -0.15) is 4.37 Å². The van der Waals surface area contributed by atoms with E-state index in [1.165, 1.54) is 12.8 Å². The number of aromatic nitrogens is 2. The van der Waals surface area contributed by atoms with E-state index in [1.807, 2.05) is 0 Å². The van der Waals surface area contributed by atoms with E-state index in [9.17, 15) is 0 Å². The van der Waals surface area contributed by atoms with Crippen molar-refractivity contribution in [1.29, 1.82) is 0 Å². The molecule has 1 aromatic rings. The Morgan fingerprint density at radius 1 is 1.31 bits per heavy atom. The first-order valence-corrected chi connectivity index (χ1v) is 6.96. The first kappa shape index (κ1) is 11.8. The Morgan fingerprint density at radius 3 is 2.50 bits per heavy atom. The Balaban J connectivity index is 2.11. The van der Waals surface area contributed by atoms with Gasteiger partial charge in [-0.05, 0) is 32.6 Å². The van der Waals surface area contributed by atoms with E-state index in [-0.39, 0.29) is 0 Å². The second kappa shape index (κ2) is 4.70. The zero-order chi connectivity index (χ0) is 11.7. The lowest BCUT2D eigenvalue weighted by Gasteiger charge is -2.24. The van der Waals surface area contributed by atoms with E-state index in [0.29, 0.717) is 18.0 Å². The molecule has 16 heavy (non-hydrogen) atoms. The van der Waals surface area contributed by atoms with Crippen LogP contribution in [0.1, 0.15) is 46.4 Å². The van der Waals surface area contributed by atoms with Gasteiger partial charge >= 0.3 is 0 Å². The number of hydrogen-bond acceptors (Lipinski definition) is 4. The molecular weight excluding hydrogens is 218 g/mol. The second-order valence-electron chi connectivity index (χ2n) is 5.27. The normalized spacial score (nSPS) is 25.7. The maximum absolute atomic E-state index is 4.67. The summed E-state index contributed by atoms with van der Waals surface area (Å²) in [6, 6.07) is 1.24. The molecule has 0 saturated carbocycles. The SMILES string of the molecule is CC(C)Cc1nsc(N2C(C)CCC2C)n1. The molecule has 0 spiro atoms. The molecule has 3 nitrogen and oxygen atoms in total. The van der Waals surface area contributed by atoms with Crippen molar-refractivity contribution >= 4 is 16.7 Å². The van der Waals surface area contributed by atoms with Crippen LogP contribution in [0.3, 0.4) is 0 Å². The van der Waals surface area contributed by atoms with Crippen LogP contribution >= 0.6 is 11.5 Å². The lowest BCUT2D eigenvalue weighted by atomic mass is 10.1. The summed E-state index contributed by atoms with van der Waals surface area (Å²) >= 11 is 1.56. The van der Waals surface area contributed by atoms with Crippen LogP contribution in [0.5, 0.6) is 0 Å². The van der Waals surface area contributed by atoms with Crippen molar-refractivity contribution in [3.8, 4) is 0 Å². The van der Waals surface area contributed by atoms with Gasteiger partial charge in [0.25, 0.3) is 0 Å². The van der Waals surface area contributed by atoms with Gasteiger partial charge in [-0.3, -0.25) is 0 Å². The molecule has 4 heteroatoms. The third kappa shape index (κ3) is 2.37. The standard InChI is InChI=1S/C12H21N3S/c1-8(2)7-11-13-12(16-14-11)15-9(3)5-6-10(15)4/h8-10H,5-7H2,1-4H3. The topological polar surface area (TPSA) is 29.0 Å². The Labute approximate surface area is 102 Å². The van der Waals surface area contributed by atoms with E-state index in [1.54, 1.807) is 11.5 Å². The maximum Gasteiger partial charge on any atom is 0.205 e. The van der Waals surface area contributed by atoms with E-state index < -0.39 is 0 Å². The first-order valence-electron chi connectivity index (χ1n) is 6.19. The van der Waals surface area contributed by atoms with Crippen molar-refractivity contribution in [2.75, 3.05) is 4.90 Å². The zero-order valence-electron chi connectivity index (χ0n) is 10.6. The molecule has 1 aliphatic heterocycles. The molecule has 90 valence electrons.